The standard InChI is InChI=1S/C24H18ClN3O3/c1-14-2-9-18(11-19(14)23(29)30)31-24-27-21-10-17(20(25)12-22(21)28-24)8-7-15-3-5-16(13-26)6-4-15/h2-6,9-12H,13,26H2,1H3,(H,27,28)(H,29,30). The van der Waals surface area contributed by atoms with E-state index in [2.05, 4.69) is 21.8 Å². The first-order valence-electron chi connectivity index (χ1n) is 9.45. The van der Waals surface area contributed by atoms with E-state index in [-0.39, 0.29) is 11.6 Å². The van der Waals surface area contributed by atoms with Crippen molar-refractivity contribution < 1.29 is 14.6 Å². The maximum atomic E-state index is 11.3. The molecule has 7 heteroatoms. The number of halogens is 1. The first-order valence-corrected chi connectivity index (χ1v) is 9.83. The number of nitrogens with one attached hydrogen (secondary N) is 1. The number of aromatic amines is 1. The van der Waals surface area contributed by atoms with Crippen molar-refractivity contribution in [3.05, 3.63) is 87.4 Å². The molecule has 6 nitrogen and oxygen atoms in total. The number of H-pyrrole nitrogens is 1. The van der Waals surface area contributed by atoms with Gasteiger partial charge < -0.3 is 20.6 Å². The summed E-state index contributed by atoms with van der Waals surface area (Å²) in [5, 5.41) is 9.75. The quantitative estimate of drug-likeness (QED) is 0.400. The lowest BCUT2D eigenvalue weighted by atomic mass is 10.1. The summed E-state index contributed by atoms with van der Waals surface area (Å²) in [5.74, 6) is 5.52. The second-order valence-electron chi connectivity index (χ2n) is 6.93. The number of aromatic carboxylic acids is 1. The molecule has 0 atom stereocenters. The zero-order valence-electron chi connectivity index (χ0n) is 16.6. The fourth-order valence-electron chi connectivity index (χ4n) is 3.02. The molecule has 154 valence electrons. The number of aryl methyl sites for hydroxylation is 1. The third-order valence-electron chi connectivity index (χ3n) is 4.73. The third-order valence-corrected chi connectivity index (χ3v) is 5.05. The first kappa shape index (κ1) is 20.5. The molecule has 0 saturated heterocycles. The van der Waals surface area contributed by atoms with Crippen LogP contribution in [0.1, 0.15) is 32.6 Å². The van der Waals surface area contributed by atoms with Crippen LogP contribution in [0.25, 0.3) is 11.0 Å². The third kappa shape index (κ3) is 4.53. The monoisotopic (exact) mass is 431 g/mol. The number of carboxylic acids is 1. The van der Waals surface area contributed by atoms with Crippen LogP contribution < -0.4 is 10.5 Å². The maximum absolute atomic E-state index is 11.3. The molecule has 0 unspecified atom stereocenters. The molecule has 0 amide bonds. The van der Waals surface area contributed by atoms with Gasteiger partial charge in [0, 0.05) is 17.7 Å². The molecule has 0 saturated carbocycles. The SMILES string of the molecule is Cc1ccc(Oc2nc3cc(Cl)c(C#Cc4ccc(CN)cc4)cc3[nH]2)cc1C(=O)O. The van der Waals surface area contributed by atoms with Gasteiger partial charge in [0.25, 0.3) is 6.01 Å². The van der Waals surface area contributed by atoms with Gasteiger partial charge in [0.15, 0.2) is 0 Å². The minimum atomic E-state index is -1.01. The average Bonchev–Trinajstić information content (AvgIpc) is 3.14. The number of ether oxygens (including phenoxy) is 1. The normalized spacial score (nSPS) is 10.5. The van der Waals surface area contributed by atoms with E-state index in [4.69, 9.17) is 22.1 Å². The lowest BCUT2D eigenvalue weighted by Gasteiger charge is -2.05. The predicted octanol–water partition coefficient (Wildman–Crippen LogP) is 4.87. The minimum absolute atomic E-state index is 0.175. The van der Waals surface area contributed by atoms with Crippen molar-refractivity contribution in [3.8, 4) is 23.6 Å². The van der Waals surface area contributed by atoms with Crippen LogP contribution in [0.15, 0.2) is 54.6 Å². The number of rotatable bonds is 4. The van der Waals surface area contributed by atoms with E-state index >= 15 is 0 Å². The maximum Gasteiger partial charge on any atom is 0.336 e. The summed E-state index contributed by atoms with van der Waals surface area (Å²) in [6.07, 6.45) is 0. The minimum Gasteiger partial charge on any atom is -0.478 e. The van der Waals surface area contributed by atoms with Crippen molar-refractivity contribution in [2.24, 2.45) is 5.73 Å². The average molecular weight is 432 g/mol. The molecule has 1 heterocycles. The van der Waals surface area contributed by atoms with Gasteiger partial charge in [0.2, 0.25) is 0 Å². The van der Waals surface area contributed by atoms with E-state index in [1.165, 1.54) is 6.07 Å². The van der Waals surface area contributed by atoms with E-state index in [9.17, 15) is 9.90 Å². The number of carboxylic acid groups (broad SMARTS) is 1. The number of hydrogen-bond donors (Lipinski definition) is 3. The van der Waals surface area contributed by atoms with E-state index in [0.29, 0.717) is 39.5 Å². The van der Waals surface area contributed by atoms with Gasteiger partial charge in [-0.25, -0.2) is 4.79 Å². The fraction of sp³-hybridized carbons (Fsp3) is 0.0833. The van der Waals surface area contributed by atoms with E-state index < -0.39 is 5.97 Å². The van der Waals surface area contributed by atoms with Crippen LogP contribution >= 0.6 is 11.6 Å². The number of imidazole rings is 1. The highest BCUT2D eigenvalue weighted by atomic mass is 35.5. The molecule has 31 heavy (non-hydrogen) atoms. The van der Waals surface area contributed by atoms with Gasteiger partial charge in [0.05, 0.1) is 21.6 Å². The van der Waals surface area contributed by atoms with Gasteiger partial charge in [-0.2, -0.15) is 4.98 Å². The predicted molar refractivity (Wildman–Crippen MR) is 120 cm³/mol. The lowest BCUT2D eigenvalue weighted by molar-refractivity contribution is 0.0695. The lowest BCUT2D eigenvalue weighted by Crippen LogP contribution is -2.00. The molecule has 0 radical (unpaired) electrons. The second kappa shape index (κ2) is 8.52. The van der Waals surface area contributed by atoms with E-state index in [1.807, 2.05) is 24.3 Å². The van der Waals surface area contributed by atoms with Crippen molar-refractivity contribution in [1.29, 1.82) is 0 Å². The Balaban J connectivity index is 1.61. The van der Waals surface area contributed by atoms with Crippen molar-refractivity contribution >= 4 is 28.6 Å². The van der Waals surface area contributed by atoms with Crippen LogP contribution in [-0.4, -0.2) is 21.0 Å². The Hall–Kier alpha value is -3.79. The summed E-state index contributed by atoms with van der Waals surface area (Å²) in [6, 6.07) is 16.3. The molecule has 3 aromatic carbocycles. The van der Waals surface area contributed by atoms with E-state index in [0.717, 1.165) is 11.1 Å². The topological polar surface area (TPSA) is 101 Å². The van der Waals surface area contributed by atoms with Gasteiger partial charge in [-0.15, -0.1) is 0 Å². The van der Waals surface area contributed by atoms with Gasteiger partial charge in [-0.3, -0.25) is 0 Å². The van der Waals surface area contributed by atoms with Gasteiger partial charge in [0.1, 0.15) is 5.75 Å². The molecular formula is C24H18ClN3O3. The zero-order chi connectivity index (χ0) is 22.0. The van der Waals surface area contributed by atoms with Crippen LogP contribution in [-0.2, 0) is 6.54 Å². The summed E-state index contributed by atoms with van der Waals surface area (Å²) in [5.41, 5.74) is 10.3. The number of aromatic nitrogens is 2. The number of nitrogens with zero attached hydrogens (tertiary/aromatic N) is 1. The van der Waals surface area contributed by atoms with Crippen LogP contribution in [0, 0.1) is 18.8 Å². The molecule has 4 aromatic rings. The molecule has 1 aromatic heterocycles. The summed E-state index contributed by atoms with van der Waals surface area (Å²) in [7, 11) is 0. The Bertz CT molecular complexity index is 1350. The van der Waals surface area contributed by atoms with Crippen LogP contribution in [0.5, 0.6) is 11.8 Å². The van der Waals surface area contributed by atoms with Crippen molar-refractivity contribution in [1.82, 2.24) is 9.97 Å². The number of benzene rings is 3. The molecule has 0 spiro atoms. The van der Waals surface area contributed by atoms with Crippen LogP contribution in [0.2, 0.25) is 5.02 Å². The number of hydrogen-bond acceptors (Lipinski definition) is 4. The molecule has 0 aliphatic rings. The van der Waals surface area contributed by atoms with E-state index in [1.54, 1.807) is 31.2 Å². The van der Waals surface area contributed by atoms with Gasteiger partial charge in [-0.05, 0) is 54.4 Å². The molecule has 4 N–H and O–H groups in total. The smallest absolute Gasteiger partial charge is 0.336 e. The summed E-state index contributed by atoms with van der Waals surface area (Å²) in [4.78, 5) is 18.8. The Labute approximate surface area is 183 Å². The Kier molecular flexibility index (Phi) is 5.63. The Morgan fingerprint density at radius 3 is 2.65 bits per heavy atom. The number of fused-ring (bicyclic) bond motifs is 1. The largest absolute Gasteiger partial charge is 0.478 e. The van der Waals surface area contributed by atoms with Crippen LogP contribution in [0.3, 0.4) is 0 Å². The highest BCUT2D eigenvalue weighted by molar-refractivity contribution is 6.32. The van der Waals surface area contributed by atoms with Gasteiger partial charge >= 0.3 is 5.97 Å². The highest BCUT2D eigenvalue weighted by Gasteiger charge is 2.12. The Morgan fingerprint density at radius 1 is 1.16 bits per heavy atom. The molecule has 0 aliphatic carbocycles. The number of carbonyl (C=O) groups is 1. The summed E-state index contributed by atoms with van der Waals surface area (Å²) >= 11 is 6.38. The molecule has 4 rings (SSSR count). The van der Waals surface area contributed by atoms with Crippen molar-refractivity contribution in [3.63, 3.8) is 0 Å². The number of nitrogens with two attached hydrogens (primary N) is 1. The first-order chi connectivity index (χ1) is 14.9. The molecule has 0 fully saturated rings. The molecular weight excluding hydrogens is 414 g/mol. The van der Waals surface area contributed by atoms with Crippen molar-refractivity contribution in [2.45, 2.75) is 13.5 Å². The molecule has 0 bridgehead atoms. The van der Waals surface area contributed by atoms with Gasteiger partial charge in [-0.1, -0.05) is 41.6 Å². The zero-order valence-corrected chi connectivity index (χ0v) is 17.3. The second-order valence-corrected chi connectivity index (χ2v) is 7.33. The summed E-state index contributed by atoms with van der Waals surface area (Å²) < 4.78 is 5.72. The van der Waals surface area contributed by atoms with Crippen LogP contribution in [0.4, 0.5) is 0 Å². The molecule has 0 aliphatic heterocycles. The fourth-order valence-corrected chi connectivity index (χ4v) is 3.23. The summed E-state index contributed by atoms with van der Waals surface area (Å²) in [6.45, 7) is 2.21. The Morgan fingerprint density at radius 2 is 1.94 bits per heavy atom. The highest BCUT2D eigenvalue weighted by Crippen LogP contribution is 2.27. The van der Waals surface area contributed by atoms with Crippen molar-refractivity contribution in [2.75, 3.05) is 0 Å².